The van der Waals surface area contributed by atoms with Crippen LogP contribution in [0.4, 0.5) is 0 Å². The molecule has 0 fully saturated rings. The maximum atomic E-state index is 5.43. The molecule has 0 aliphatic carbocycles. The first-order chi connectivity index (χ1) is 6.58. The van der Waals surface area contributed by atoms with E-state index in [9.17, 15) is 0 Å². The third kappa shape index (κ3) is 5.62. The molecule has 1 aromatic rings. The number of hydrogen-bond donors (Lipinski definition) is 2. The van der Waals surface area contributed by atoms with Crippen molar-refractivity contribution in [1.29, 1.82) is 0 Å². The van der Waals surface area contributed by atoms with Crippen LogP contribution in [-0.2, 0) is 16.3 Å². The monoisotopic (exact) mass is 249 g/mol. The molecule has 1 atom stereocenters. The van der Waals surface area contributed by atoms with Gasteiger partial charge in [0.1, 0.15) is 12.4 Å². The van der Waals surface area contributed by atoms with Crippen LogP contribution in [0.5, 0.6) is 5.75 Å². The molecular formula is C8H12NO2PS2. The van der Waals surface area contributed by atoms with E-state index in [-0.39, 0.29) is 0 Å². The lowest BCUT2D eigenvalue weighted by Crippen LogP contribution is -2.06. The number of rotatable bonds is 5. The van der Waals surface area contributed by atoms with Crippen LogP contribution in [0.1, 0.15) is 0 Å². The summed E-state index contributed by atoms with van der Waals surface area (Å²) in [6.07, 6.45) is 0. The molecule has 0 aliphatic rings. The van der Waals surface area contributed by atoms with Crippen molar-refractivity contribution in [3.63, 3.8) is 0 Å². The van der Waals surface area contributed by atoms with Gasteiger partial charge < -0.3 is 9.26 Å². The third-order valence-electron chi connectivity index (χ3n) is 1.37. The molecule has 3 nitrogen and oxygen atoms in total. The van der Waals surface area contributed by atoms with Crippen molar-refractivity contribution in [2.45, 2.75) is 0 Å². The summed E-state index contributed by atoms with van der Waals surface area (Å²) in [7, 11) is 0. The molecule has 0 bridgehead atoms. The number of hydrogen-bond acceptors (Lipinski definition) is 3. The smallest absolute Gasteiger partial charge is 0.180 e. The fourth-order valence-corrected chi connectivity index (χ4v) is 1.65. The average Bonchev–Trinajstić information content (AvgIpc) is 2.13. The van der Waals surface area contributed by atoms with Crippen LogP contribution in [0.2, 0.25) is 0 Å². The Morgan fingerprint density at radius 2 is 1.93 bits per heavy atom. The summed E-state index contributed by atoms with van der Waals surface area (Å²) in [5.74, 6) is 0.806. The molecule has 2 N–H and O–H groups in total. The van der Waals surface area contributed by atoms with Gasteiger partial charge in [0.25, 0.3) is 0 Å². The maximum absolute atomic E-state index is 5.43. The predicted octanol–water partition coefficient (Wildman–Crippen LogP) is 2.20. The predicted molar refractivity (Wildman–Crippen MR) is 65.3 cm³/mol. The van der Waals surface area contributed by atoms with Crippen LogP contribution in [0.15, 0.2) is 30.3 Å². The van der Waals surface area contributed by atoms with Gasteiger partial charge in [-0.15, -0.1) is 12.2 Å². The molecule has 0 aromatic heterocycles. The van der Waals surface area contributed by atoms with E-state index in [4.69, 9.17) is 26.6 Å². The Balaban J connectivity index is 2.20. The molecule has 1 rings (SSSR count). The summed E-state index contributed by atoms with van der Waals surface area (Å²) in [4.78, 5) is 0. The van der Waals surface area contributed by atoms with Crippen LogP contribution < -0.4 is 10.2 Å². The third-order valence-corrected chi connectivity index (χ3v) is 2.59. The van der Waals surface area contributed by atoms with Crippen molar-refractivity contribution in [3.8, 4) is 5.75 Å². The summed E-state index contributed by atoms with van der Waals surface area (Å²) in [5, 5.41) is 0. The van der Waals surface area contributed by atoms with E-state index in [1.165, 1.54) is 0 Å². The van der Waals surface area contributed by atoms with Crippen molar-refractivity contribution < 1.29 is 9.26 Å². The Kier molecular flexibility index (Phi) is 4.92. The highest BCUT2D eigenvalue weighted by Crippen LogP contribution is 2.42. The van der Waals surface area contributed by atoms with Gasteiger partial charge in [0, 0.05) is 0 Å². The zero-order valence-corrected chi connectivity index (χ0v) is 10.1. The van der Waals surface area contributed by atoms with Crippen LogP contribution >= 0.6 is 17.9 Å². The molecule has 0 amide bonds. The number of benzene rings is 1. The molecule has 14 heavy (non-hydrogen) atoms. The van der Waals surface area contributed by atoms with Crippen LogP contribution in [0.3, 0.4) is 0 Å². The quantitative estimate of drug-likeness (QED) is 0.477. The maximum Gasteiger partial charge on any atom is 0.180 e. The fourth-order valence-electron chi connectivity index (χ4n) is 0.844. The molecule has 0 radical (unpaired) electrons. The molecule has 0 aliphatic heterocycles. The second-order valence-corrected chi connectivity index (χ2v) is 8.17. The Morgan fingerprint density at radius 1 is 1.29 bits per heavy atom. The van der Waals surface area contributed by atoms with Crippen LogP contribution in [-0.4, -0.2) is 13.2 Å². The SMILES string of the molecule is NP(=S)(S)OCCOc1ccccc1. The van der Waals surface area contributed by atoms with Crippen molar-refractivity contribution >= 4 is 29.7 Å². The van der Waals surface area contributed by atoms with Gasteiger partial charge in [-0.05, 0) is 23.9 Å². The Bertz CT molecular complexity index is 314. The summed E-state index contributed by atoms with van der Waals surface area (Å²) >= 11 is 8.73. The molecule has 1 aromatic carbocycles. The van der Waals surface area contributed by atoms with E-state index in [2.05, 4.69) is 12.2 Å². The van der Waals surface area contributed by atoms with Gasteiger partial charge in [-0.3, -0.25) is 5.50 Å². The lowest BCUT2D eigenvalue weighted by atomic mass is 10.3. The van der Waals surface area contributed by atoms with Gasteiger partial charge in [0.2, 0.25) is 0 Å². The van der Waals surface area contributed by atoms with E-state index in [0.29, 0.717) is 13.2 Å². The van der Waals surface area contributed by atoms with Crippen molar-refractivity contribution in [3.05, 3.63) is 30.3 Å². The Labute approximate surface area is 93.9 Å². The van der Waals surface area contributed by atoms with Gasteiger partial charge in [-0.2, -0.15) is 0 Å². The van der Waals surface area contributed by atoms with Crippen LogP contribution in [0, 0.1) is 0 Å². The van der Waals surface area contributed by atoms with Gasteiger partial charge in [-0.1, -0.05) is 18.2 Å². The number of thiol groups is 1. The number of ether oxygens (including phenoxy) is 1. The number of nitrogens with two attached hydrogens (primary N) is 1. The minimum atomic E-state index is -2.34. The lowest BCUT2D eigenvalue weighted by molar-refractivity contribution is 0.233. The highest BCUT2D eigenvalue weighted by atomic mass is 32.9. The van der Waals surface area contributed by atoms with Gasteiger partial charge in [0.15, 0.2) is 5.62 Å². The Hall–Kier alpha value is -0.0600. The zero-order valence-electron chi connectivity index (χ0n) is 7.50. The van der Waals surface area contributed by atoms with Gasteiger partial charge >= 0.3 is 0 Å². The number of para-hydroxylation sites is 1. The van der Waals surface area contributed by atoms with E-state index >= 15 is 0 Å². The molecule has 0 saturated heterocycles. The molecule has 0 saturated carbocycles. The highest BCUT2D eigenvalue weighted by Gasteiger charge is 2.02. The van der Waals surface area contributed by atoms with Crippen molar-refractivity contribution in [2.75, 3.05) is 13.2 Å². The first-order valence-corrected chi connectivity index (χ1v) is 7.96. The first kappa shape index (κ1) is 12.0. The van der Waals surface area contributed by atoms with E-state index < -0.39 is 5.62 Å². The summed E-state index contributed by atoms with van der Waals surface area (Å²) < 4.78 is 10.5. The van der Waals surface area contributed by atoms with Crippen LogP contribution in [0.25, 0.3) is 0 Å². The molecule has 0 spiro atoms. The summed E-state index contributed by atoms with van der Waals surface area (Å²) in [5.41, 5.74) is 3.09. The average molecular weight is 249 g/mol. The zero-order chi connectivity index (χ0) is 10.4. The topological polar surface area (TPSA) is 44.5 Å². The minimum absolute atomic E-state index is 0.367. The van der Waals surface area contributed by atoms with Gasteiger partial charge in [0.05, 0.1) is 6.61 Å². The first-order valence-electron chi connectivity index (χ1n) is 4.02. The summed E-state index contributed by atoms with van der Waals surface area (Å²) in [6.45, 7) is 0.798. The second kappa shape index (κ2) is 5.73. The van der Waals surface area contributed by atoms with Crippen molar-refractivity contribution in [2.24, 2.45) is 5.50 Å². The highest BCUT2D eigenvalue weighted by molar-refractivity contribution is 8.61. The van der Waals surface area contributed by atoms with Gasteiger partial charge in [-0.25, -0.2) is 0 Å². The Morgan fingerprint density at radius 3 is 2.50 bits per heavy atom. The molecular weight excluding hydrogens is 237 g/mol. The standard InChI is InChI=1S/C8H12NO2PS2/c9-12(13,14)11-7-6-10-8-4-2-1-3-5-8/h1-5H,6-7H2,(H3,9,13,14). The van der Waals surface area contributed by atoms with E-state index in [1.54, 1.807) is 0 Å². The largest absolute Gasteiger partial charge is 0.491 e. The molecule has 6 heteroatoms. The minimum Gasteiger partial charge on any atom is -0.491 e. The van der Waals surface area contributed by atoms with Crippen molar-refractivity contribution in [1.82, 2.24) is 0 Å². The van der Waals surface area contributed by atoms with E-state index in [1.807, 2.05) is 30.3 Å². The van der Waals surface area contributed by atoms with E-state index in [0.717, 1.165) is 5.75 Å². The normalized spacial score (nSPS) is 14.7. The lowest BCUT2D eigenvalue weighted by Gasteiger charge is -2.10. The molecule has 1 unspecified atom stereocenters. The fraction of sp³-hybridized carbons (Fsp3) is 0.250. The second-order valence-electron chi connectivity index (χ2n) is 2.56. The molecule has 78 valence electrons. The molecule has 0 heterocycles. The summed E-state index contributed by atoms with van der Waals surface area (Å²) in [6, 6.07) is 9.49.